The van der Waals surface area contributed by atoms with E-state index in [0.29, 0.717) is 0 Å². The fourth-order valence-electron chi connectivity index (χ4n) is 4.11. The summed E-state index contributed by atoms with van der Waals surface area (Å²) in [5.74, 6) is -2.88. The van der Waals surface area contributed by atoms with Crippen molar-refractivity contribution in [2.24, 2.45) is 0 Å². The molecule has 1 aliphatic carbocycles. The fourth-order valence-corrected chi connectivity index (χ4v) is 4.11. The third-order valence-corrected chi connectivity index (χ3v) is 5.81. The van der Waals surface area contributed by atoms with E-state index in [1.165, 1.54) is 13.2 Å². The van der Waals surface area contributed by atoms with Gasteiger partial charge in [0.15, 0.2) is 6.10 Å². The number of rotatable bonds is 8. The number of carbonyl (C=O) groups excluding carboxylic acids is 2. The monoisotopic (exact) mass is 478 g/mol. The highest BCUT2D eigenvalue weighted by Gasteiger charge is 2.29. The maximum atomic E-state index is 13.8. The maximum Gasteiger partial charge on any atom is 0.411 e. The highest BCUT2D eigenvalue weighted by molar-refractivity contribution is 6.02. The Morgan fingerprint density at radius 2 is 1.63 bits per heavy atom. The lowest BCUT2D eigenvalue weighted by atomic mass is 9.98. The predicted molar refractivity (Wildman–Crippen MR) is 126 cm³/mol. The molecule has 1 unspecified atom stereocenters. The first-order chi connectivity index (χ1) is 16.9. The number of halogens is 1. The van der Waals surface area contributed by atoms with Gasteiger partial charge in [0, 0.05) is 13.0 Å². The highest BCUT2D eigenvalue weighted by Crippen LogP contribution is 2.44. The van der Waals surface area contributed by atoms with Gasteiger partial charge in [0.05, 0.1) is 17.8 Å². The van der Waals surface area contributed by atoms with Crippen molar-refractivity contribution >= 4 is 23.7 Å². The second kappa shape index (κ2) is 10.4. The minimum absolute atomic E-state index is 0.0189. The van der Waals surface area contributed by atoms with Gasteiger partial charge < -0.3 is 19.9 Å². The molecular formula is C26H23FN2O6. The summed E-state index contributed by atoms with van der Waals surface area (Å²) in [6.07, 6.45) is -2.08. The highest BCUT2D eigenvalue weighted by atomic mass is 19.1. The average molecular weight is 478 g/mol. The van der Waals surface area contributed by atoms with E-state index >= 15 is 0 Å². The quantitative estimate of drug-likeness (QED) is 0.451. The number of anilines is 1. The summed E-state index contributed by atoms with van der Waals surface area (Å²) in [6.45, 7) is -0.276. The molecule has 3 N–H and O–H groups in total. The van der Waals surface area contributed by atoms with E-state index < -0.39 is 29.9 Å². The lowest BCUT2D eigenvalue weighted by molar-refractivity contribution is -0.148. The van der Waals surface area contributed by atoms with Crippen molar-refractivity contribution in [3.63, 3.8) is 0 Å². The van der Waals surface area contributed by atoms with Crippen LogP contribution in [-0.4, -0.2) is 49.4 Å². The number of fused-ring (bicyclic) bond motifs is 3. The summed E-state index contributed by atoms with van der Waals surface area (Å²) >= 11 is 0. The molecule has 3 aromatic rings. The molecule has 2 amide bonds. The molecule has 0 radical (unpaired) electrons. The van der Waals surface area contributed by atoms with Gasteiger partial charge >= 0.3 is 12.1 Å². The van der Waals surface area contributed by atoms with E-state index in [1.54, 1.807) is 0 Å². The van der Waals surface area contributed by atoms with Crippen LogP contribution >= 0.6 is 0 Å². The Morgan fingerprint density at radius 1 is 1.00 bits per heavy atom. The molecule has 4 rings (SSSR count). The molecule has 0 saturated carbocycles. The number of carbonyl (C=O) groups is 3. The lowest BCUT2D eigenvalue weighted by Gasteiger charge is -2.16. The molecule has 180 valence electrons. The van der Waals surface area contributed by atoms with E-state index in [9.17, 15) is 18.8 Å². The van der Waals surface area contributed by atoms with E-state index in [0.717, 1.165) is 34.4 Å². The zero-order valence-electron chi connectivity index (χ0n) is 18.8. The van der Waals surface area contributed by atoms with Crippen LogP contribution in [0.1, 0.15) is 27.4 Å². The van der Waals surface area contributed by atoms with Gasteiger partial charge in [0.2, 0.25) is 0 Å². The SMILES string of the molecule is COC(CNC(=O)c1cc(F)ccc1NC(=O)OCC1c2ccccc2-c2ccccc21)C(=O)O. The Morgan fingerprint density at radius 3 is 2.23 bits per heavy atom. The second-order valence-corrected chi connectivity index (χ2v) is 7.91. The van der Waals surface area contributed by atoms with Crippen LogP contribution in [-0.2, 0) is 14.3 Å². The van der Waals surface area contributed by atoms with Gasteiger partial charge in [0.25, 0.3) is 5.91 Å². The molecule has 1 atom stereocenters. The van der Waals surface area contributed by atoms with Crippen LogP contribution in [0.2, 0.25) is 0 Å². The zero-order chi connectivity index (χ0) is 24.9. The first kappa shape index (κ1) is 23.9. The van der Waals surface area contributed by atoms with Gasteiger partial charge in [-0.3, -0.25) is 10.1 Å². The number of methoxy groups -OCH3 is 1. The minimum Gasteiger partial charge on any atom is -0.479 e. The molecule has 0 heterocycles. The van der Waals surface area contributed by atoms with Crippen molar-refractivity contribution in [2.75, 3.05) is 25.6 Å². The number of hydrogen-bond acceptors (Lipinski definition) is 5. The van der Waals surface area contributed by atoms with Crippen LogP contribution in [0.4, 0.5) is 14.9 Å². The number of nitrogens with one attached hydrogen (secondary N) is 2. The van der Waals surface area contributed by atoms with Crippen molar-refractivity contribution < 1.29 is 33.4 Å². The van der Waals surface area contributed by atoms with Crippen LogP contribution in [0.25, 0.3) is 11.1 Å². The zero-order valence-corrected chi connectivity index (χ0v) is 18.8. The average Bonchev–Trinajstić information content (AvgIpc) is 3.17. The van der Waals surface area contributed by atoms with Gasteiger partial charge in [-0.1, -0.05) is 48.5 Å². The molecule has 1 aliphatic rings. The Labute approximate surface area is 200 Å². The maximum absolute atomic E-state index is 13.8. The summed E-state index contributed by atoms with van der Waals surface area (Å²) in [4.78, 5) is 36.2. The predicted octanol–water partition coefficient (Wildman–Crippen LogP) is 4.02. The summed E-state index contributed by atoms with van der Waals surface area (Å²) in [6, 6.07) is 19.1. The summed E-state index contributed by atoms with van der Waals surface area (Å²) in [7, 11) is 1.19. The lowest BCUT2D eigenvalue weighted by Crippen LogP contribution is -2.38. The van der Waals surface area contributed by atoms with Gasteiger partial charge in [0.1, 0.15) is 12.4 Å². The Hall–Kier alpha value is -4.24. The van der Waals surface area contributed by atoms with Crippen LogP contribution in [0.15, 0.2) is 66.7 Å². The first-order valence-corrected chi connectivity index (χ1v) is 10.8. The number of amides is 2. The molecule has 0 aliphatic heterocycles. The smallest absolute Gasteiger partial charge is 0.411 e. The molecule has 8 nitrogen and oxygen atoms in total. The summed E-state index contributed by atoms with van der Waals surface area (Å²) < 4.78 is 24.1. The van der Waals surface area contributed by atoms with Crippen molar-refractivity contribution in [1.82, 2.24) is 5.32 Å². The molecule has 0 aromatic heterocycles. The molecule has 0 spiro atoms. The Bertz CT molecular complexity index is 1230. The number of ether oxygens (including phenoxy) is 2. The van der Waals surface area contributed by atoms with Gasteiger partial charge in [-0.2, -0.15) is 0 Å². The minimum atomic E-state index is -1.27. The summed E-state index contributed by atoms with van der Waals surface area (Å²) in [5.41, 5.74) is 4.11. The Kier molecular flexibility index (Phi) is 7.07. The summed E-state index contributed by atoms with van der Waals surface area (Å²) in [5, 5.41) is 13.9. The first-order valence-electron chi connectivity index (χ1n) is 10.8. The molecule has 0 fully saturated rings. The van der Waals surface area contributed by atoms with Crippen LogP contribution < -0.4 is 10.6 Å². The normalized spacial score (nSPS) is 12.9. The standard InChI is InChI=1S/C26H23FN2O6/c1-34-23(25(31)32)13-28-24(30)20-12-15(27)10-11-22(20)29-26(33)35-14-21-18-8-4-2-6-16(18)17-7-3-5-9-19(17)21/h2-12,21,23H,13-14H2,1H3,(H,28,30)(H,29,33)(H,31,32). The van der Waals surface area contributed by atoms with Gasteiger partial charge in [-0.15, -0.1) is 0 Å². The fraction of sp³-hybridized carbons (Fsp3) is 0.192. The van der Waals surface area contributed by atoms with E-state index in [-0.39, 0.29) is 30.3 Å². The largest absolute Gasteiger partial charge is 0.479 e. The van der Waals surface area contributed by atoms with E-state index in [1.807, 2.05) is 48.5 Å². The van der Waals surface area contributed by atoms with Crippen LogP contribution in [0, 0.1) is 5.82 Å². The van der Waals surface area contributed by atoms with Crippen molar-refractivity contribution in [3.8, 4) is 11.1 Å². The molecular weight excluding hydrogens is 455 g/mol. The molecule has 0 bridgehead atoms. The molecule has 9 heteroatoms. The number of benzene rings is 3. The number of hydrogen-bond donors (Lipinski definition) is 3. The van der Waals surface area contributed by atoms with Crippen molar-refractivity contribution in [3.05, 3.63) is 89.2 Å². The molecule has 35 heavy (non-hydrogen) atoms. The van der Waals surface area contributed by atoms with Crippen molar-refractivity contribution in [1.29, 1.82) is 0 Å². The molecule has 0 saturated heterocycles. The van der Waals surface area contributed by atoms with E-state index in [4.69, 9.17) is 14.6 Å². The number of aliphatic carboxylic acids is 1. The Balaban J connectivity index is 1.45. The van der Waals surface area contributed by atoms with Crippen molar-refractivity contribution in [2.45, 2.75) is 12.0 Å². The third-order valence-electron chi connectivity index (χ3n) is 5.81. The molecule has 3 aromatic carbocycles. The van der Waals surface area contributed by atoms with Gasteiger partial charge in [-0.25, -0.2) is 14.0 Å². The number of carboxylic acid groups (broad SMARTS) is 1. The van der Waals surface area contributed by atoms with Crippen LogP contribution in [0.3, 0.4) is 0 Å². The van der Waals surface area contributed by atoms with E-state index in [2.05, 4.69) is 10.6 Å². The topological polar surface area (TPSA) is 114 Å². The second-order valence-electron chi connectivity index (χ2n) is 7.91. The van der Waals surface area contributed by atoms with Gasteiger partial charge in [-0.05, 0) is 40.5 Å². The number of carboxylic acids is 1. The third kappa shape index (κ3) is 5.15. The van der Waals surface area contributed by atoms with Crippen LogP contribution in [0.5, 0.6) is 0 Å².